The number of aryl methyl sites for hydroxylation is 1. The molecule has 0 amide bonds. The molecule has 0 unspecified atom stereocenters. The number of nitrogens with zero attached hydrogens (tertiary/aromatic N) is 5. The summed E-state index contributed by atoms with van der Waals surface area (Å²) in [7, 11) is 1.76. The molecule has 1 aromatic rings. The Bertz CT molecular complexity index is 404. The fraction of sp³-hybridized carbons (Fsp3) is 0.250. The largest absolute Gasteiger partial charge is 0.388 e. The molecule has 0 fully saturated rings. The van der Waals surface area contributed by atoms with Crippen molar-refractivity contribution in [2.24, 2.45) is 12.2 Å². The molecule has 1 aromatic heterocycles. The van der Waals surface area contributed by atoms with Gasteiger partial charge in [-0.2, -0.15) is 15.6 Å². The first-order chi connectivity index (χ1) is 6.77. The Morgan fingerprint density at radius 3 is 2.86 bits per heavy atom. The quantitative estimate of drug-likeness (QED) is 0.506. The first-order valence-corrected chi connectivity index (χ1v) is 3.75. The molecule has 0 aliphatic carbocycles. The van der Waals surface area contributed by atoms with E-state index in [0.29, 0.717) is 0 Å². The highest BCUT2D eigenvalue weighted by atomic mass is 16.6. The predicted molar refractivity (Wildman–Crippen MR) is 46.7 cm³/mol. The normalized spacial score (nSPS) is 8.50. The van der Waals surface area contributed by atoms with Gasteiger partial charge in [-0.3, -0.25) is 4.68 Å². The summed E-state index contributed by atoms with van der Waals surface area (Å²) in [5.41, 5.74) is 0.510. The van der Waals surface area contributed by atoms with Crippen LogP contribution in [0.1, 0.15) is 5.69 Å². The second kappa shape index (κ2) is 4.63. The molecule has 0 bridgehead atoms. The molecule has 0 atom stereocenters. The average Bonchev–Trinajstić information content (AvgIpc) is 2.59. The maximum absolute atomic E-state index is 8.34. The van der Waals surface area contributed by atoms with E-state index >= 15 is 0 Å². The monoisotopic (exact) mass is 189 g/mol. The van der Waals surface area contributed by atoms with Crippen LogP contribution in [0.4, 0.5) is 0 Å². The molecule has 1 heterocycles. The zero-order chi connectivity index (χ0) is 10.4. The molecule has 0 aliphatic rings. The summed E-state index contributed by atoms with van der Waals surface area (Å²) in [5.74, 6) is 0. The molecule has 0 saturated heterocycles. The molecule has 1 rings (SSSR count). The Balaban J connectivity index is 2.52. The van der Waals surface area contributed by atoms with Crippen LogP contribution in [0.2, 0.25) is 0 Å². The fourth-order valence-corrected chi connectivity index (χ4v) is 0.772. The van der Waals surface area contributed by atoms with Gasteiger partial charge >= 0.3 is 0 Å². The van der Waals surface area contributed by atoms with Crippen molar-refractivity contribution in [1.29, 1.82) is 10.5 Å². The van der Waals surface area contributed by atoms with E-state index in [0.717, 1.165) is 5.69 Å². The van der Waals surface area contributed by atoms with E-state index in [1.165, 1.54) is 0 Å². The van der Waals surface area contributed by atoms with Crippen molar-refractivity contribution in [3.63, 3.8) is 0 Å². The molecule has 0 aliphatic heterocycles. The third kappa shape index (κ3) is 2.32. The van der Waals surface area contributed by atoms with Crippen LogP contribution in [-0.4, -0.2) is 15.5 Å². The van der Waals surface area contributed by atoms with Crippen molar-refractivity contribution < 1.29 is 4.84 Å². The van der Waals surface area contributed by atoms with Gasteiger partial charge in [0, 0.05) is 13.2 Å². The van der Waals surface area contributed by atoms with Crippen LogP contribution in [0.5, 0.6) is 0 Å². The Morgan fingerprint density at radius 2 is 2.36 bits per heavy atom. The van der Waals surface area contributed by atoms with E-state index in [2.05, 4.69) is 10.3 Å². The van der Waals surface area contributed by atoms with Crippen molar-refractivity contribution in [3.05, 3.63) is 18.0 Å². The lowest BCUT2D eigenvalue weighted by atomic mass is 10.5. The summed E-state index contributed by atoms with van der Waals surface area (Å²) in [6, 6.07) is 4.93. The average molecular weight is 189 g/mol. The highest BCUT2D eigenvalue weighted by Gasteiger charge is 1.99. The molecule has 0 N–H and O–H groups in total. The van der Waals surface area contributed by atoms with Crippen LogP contribution in [0.25, 0.3) is 0 Å². The molecule has 0 radical (unpaired) electrons. The van der Waals surface area contributed by atoms with Gasteiger partial charge in [0.15, 0.2) is 6.61 Å². The Hall–Kier alpha value is -2.34. The van der Waals surface area contributed by atoms with Crippen molar-refractivity contribution in [2.75, 3.05) is 0 Å². The van der Waals surface area contributed by atoms with Gasteiger partial charge in [-0.25, -0.2) is 0 Å². The van der Waals surface area contributed by atoms with E-state index in [-0.39, 0.29) is 12.3 Å². The highest BCUT2D eigenvalue weighted by molar-refractivity contribution is 6.09. The Labute approximate surface area is 80.6 Å². The van der Waals surface area contributed by atoms with Crippen LogP contribution in [0.15, 0.2) is 17.4 Å². The maximum atomic E-state index is 8.34. The number of nitriles is 2. The number of hydrogen-bond acceptors (Lipinski definition) is 5. The van der Waals surface area contributed by atoms with Gasteiger partial charge in [-0.05, 0) is 6.07 Å². The maximum Gasteiger partial charge on any atom is 0.256 e. The molecular weight excluding hydrogens is 182 g/mol. The van der Waals surface area contributed by atoms with Gasteiger partial charge in [0.05, 0.1) is 5.69 Å². The Morgan fingerprint density at radius 1 is 1.64 bits per heavy atom. The minimum absolute atomic E-state index is 0.184. The highest BCUT2D eigenvalue weighted by Crippen LogP contribution is 1.98. The van der Waals surface area contributed by atoms with Crippen LogP contribution >= 0.6 is 0 Å². The van der Waals surface area contributed by atoms with Crippen LogP contribution < -0.4 is 0 Å². The topological polar surface area (TPSA) is 87.0 Å². The Kier molecular flexibility index (Phi) is 3.22. The van der Waals surface area contributed by atoms with Gasteiger partial charge in [-0.1, -0.05) is 5.16 Å². The number of aromatic nitrogens is 2. The molecule has 70 valence electrons. The molecule has 0 aromatic carbocycles. The lowest BCUT2D eigenvalue weighted by Gasteiger charge is -1.98. The second-order valence-corrected chi connectivity index (χ2v) is 2.38. The zero-order valence-electron chi connectivity index (χ0n) is 7.51. The van der Waals surface area contributed by atoms with Crippen molar-refractivity contribution in [1.82, 2.24) is 9.78 Å². The molecule has 0 spiro atoms. The molecule has 14 heavy (non-hydrogen) atoms. The first kappa shape index (κ1) is 9.75. The fourth-order valence-electron chi connectivity index (χ4n) is 0.772. The van der Waals surface area contributed by atoms with Gasteiger partial charge in [-0.15, -0.1) is 0 Å². The molecule has 6 heteroatoms. The SMILES string of the molecule is Cn1nccc1CON=C(C#N)C#N. The lowest BCUT2D eigenvalue weighted by Crippen LogP contribution is -1.99. The summed E-state index contributed by atoms with van der Waals surface area (Å²) < 4.78 is 1.62. The van der Waals surface area contributed by atoms with Crippen molar-refractivity contribution in [3.8, 4) is 12.1 Å². The van der Waals surface area contributed by atoms with E-state index in [4.69, 9.17) is 15.4 Å². The standard InChI is InChI=1S/C8H7N5O/c1-13-8(2-3-11-13)6-14-12-7(4-9)5-10/h2-3H,6H2,1H3. The summed E-state index contributed by atoms with van der Waals surface area (Å²) in [4.78, 5) is 4.78. The van der Waals surface area contributed by atoms with Gasteiger partial charge in [0.1, 0.15) is 12.1 Å². The van der Waals surface area contributed by atoms with E-state index in [1.807, 2.05) is 0 Å². The van der Waals surface area contributed by atoms with Crippen molar-refractivity contribution >= 4 is 5.71 Å². The number of rotatable bonds is 3. The number of hydrogen-bond donors (Lipinski definition) is 0. The minimum Gasteiger partial charge on any atom is -0.388 e. The summed E-state index contributed by atoms with van der Waals surface area (Å²) >= 11 is 0. The second-order valence-electron chi connectivity index (χ2n) is 2.38. The van der Waals surface area contributed by atoms with Crippen LogP contribution in [0.3, 0.4) is 0 Å². The van der Waals surface area contributed by atoms with E-state index in [9.17, 15) is 0 Å². The van der Waals surface area contributed by atoms with Crippen LogP contribution in [-0.2, 0) is 18.5 Å². The third-order valence-electron chi connectivity index (χ3n) is 1.50. The third-order valence-corrected chi connectivity index (χ3v) is 1.50. The van der Waals surface area contributed by atoms with Crippen molar-refractivity contribution in [2.45, 2.75) is 6.61 Å². The lowest BCUT2D eigenvalue weighted by molar-refractivity contribution is 0.125. The predicted octanol–water partition coefficient (Wildman–Crippen LogP) is 0.340. The molecular formula is C8H7N5O. The summed E-state index contributed by atoms with van der Waals surface area (Å²) in [5, 5.41) is 23.9. The van der Waals surface area contributed by atoms with Gasteiger partial charge in [0.2, 0.25) is 0 Å². The van der Waals surface area contributed by atoms with Crippen LogP contribution in [0, 0.1) is 22.7 Å². The van der Waals surface area contributed by atoms with E-state index < -0.39 is 0 Å². The zero-order valence-corrected chi connectivity index (χ0v) is 7.51. The van der Waals surface area contributed by atoms with Gasteiger partial charge in [0.25, 0.3) is 5.71 Å². The first-order valence-electron chi connectivity index (χ1n) is 3.75. The minimum atomic E-state index is -0.299. The van der Waals surface area contributed by atoms with E-state index in [1.54, 1.807) is 36.1 Å². The smallest absolute Gasteiger partial charge is 0.256 e. The summed E-state index contributed by atoms with van der Waals surface area (Å²) in [6.07, 6.45) is 1.62. The summed E-state index contributed by atoms with van der Waals surface area (Å²) in [6.45, 7) is 0.184. The van der Waals surface area contributed by atoms with Gasteiger partial charge < -0.3 is 4.84 Å². The molecule has 6 nitrogen and oxygen atoms in total. The molecule has 0 saturated carbocycles. The number of oxime groups is 1.